The van der Waals surface area contributed by atoms with Gasteiger partial charge in [0.05, 0.1) is 5.69 Å². The molecule has 0 amide bonds. The molecule has 3 heteroatoms. The van der Waals surface area contributed by atoms with Crippen molar-refractivity contribution >= 4 is 60.9 Å². The molecule has 9 aromatic carbocycles. The van der Waals surface area contributed by atoms with Crippen molar-refractivity contribution in [3.63, 3.8) is 0 Å². The molecule has 0 fully saturated rings. The summed E-state index contributed by atoms with van der Waals surface area (Å²) >= 11 is 0. The number of aryl methyl sites for hydroxylation is 3. The smallest absolute Gasteiger partial charge is 0.143 e. The Morgan fingerprint density at radius 1 is 0.347 bits per heavy atom. The Kier molecular flexibility index (Phi) is 20.7. The number of furan rings is 2. The van der Waals surface area contributed by atoms with Gasteiger partial charge in [-0.2, -0.15) is 0 Å². The van der Waals surface area contributed by atoms with Gasteiger partial charge in [0.25, 0.3) is 0 Å². The van der Waals surface area contributed by atoms with E-state index in [1.165, 1.54) is 283 Å². The van der Waals surface area contributed by atoms with Crippen LogP contribution in [0.5, 0.6) is 0 Å². The fourth-order valence-electron chi connectivity index (χ4n) is 19.8. The quantitative estimate of drug-likeness (QED) is 0.0394. The lowest BCUT2D eigenvalue weighted by atomic mass is 9.68. The highest BCUT2D eigenvalue weighted by Gasteiger charge is 2.49. The van der Waals surface area contributed by atoms with E-state index in [4.69, 9.17) is 8.83 Å². The summed E-state index contributed by atoms with van der Waals surface area (Å²) in [6.45, 7) is 28.4. The van der Waals surface area contributed by atoms with Crippen LogP contribution < -0.4 is 4.90 Å². The van der Waals surface area contributed by atoms with Crippen LogP contribution in [0.2, 0.25) is 0 Å². The van der Waals surface area contributed by atoms with Crippen molar-refractivity contribution in [1.29, 1.82) is 0 Å². The number of para-hydroxylation sites is 2. The van der Waals surface area contributed by atoms with Crippen LogP contribution in [0.25, 0.3) is 88.4 Å². The summed E-state index contributed by atoms with van der Waals surface area (Å²) in [7, 11) is 0. The Morgan fingerprint density at radius 3 is 1.37 bits per heavy atom. The Bertz CT molecular complexity index is 4740. The lowest BCUT2D eigenvalue weighted by molar-refractivity contribution is 0.394. The van der Waals surface area contributed by atoms with E-state index in [1.807, 2.05) is 0 Å². The molecule has 2 heterocycles. The normalized spacial score (nSPS) is 14.5. The van der Waals surface area contributed by atoms with Crippen molar-refractivity contribution in [2.24, 2.45) is 0 Å². The molecule has 101 heavy (non-hydrogen) atoms. The van der Waals surface area contributed by atoms with Crippen LogP contribution in [0.3, 0.4) is 0 Å². The number of unbranched alkanes of at least 4 members (excludes halogenated alkanes) is 20. The molecule has 0 spiro atoms. The van der Waals surface area contributed by atoms with E-state index in [0.717, 1.165) is 35.2 Å². The molecule has 11 aromatic rings. The van der Waals surface area contributed by atoms with Crippen LogP contribution in [0.1, 0.15) is 298 Å². The summed E-state index contributed by atoms with van der Waals surface area (Å²) in [5.74, 6) is 0. The summed E-state index contributed by atoms with van der Waals surface area (Å²) in [4.78, 5) is 2.70. The van der Waals surface area contributed by atoms with Gasteiger partial charge in [-0.3, -0.25) is 0 Å². The monoisotopic (exact) mass is 1340 g/mol. The summed E-state index contributed by atoms with van der Waals surface area (Å²) in [5.41, 5.74) is 32.2. The Balaban J connectivity index is 0.984. The largest absolute Gasteiger partial charge is 0.456 e. The van der Waals surface area contributed by atoms with E-state index in [2.05, 4.69) is 240 Å². The number of benzene rings is 9. The molecule has 0 saturated carbocycles. The first kappa shape index (κ1) is 70.4. The number of fused-ring (bicyclic) bond motifs is 17. The second kappa shape index (κ2) is 29.6. The van der Waals surface area contributed by atoms with E-state index < -0.39 is 0 Å². The molecule has 526 valence electrons. The summed E-state index contributed by atoms with van der Waals surface area (Å²) in [6.07, 6.45) is 35.6. The van der Waals surface area contributed by atoms with Gasteiger partial charge < -0.3 is 13.7 Å². The van der Waals surface area contributed by atoms with Crippen LogP contribution in [0, 0.1) is 20.8 Å². The highest BCUT2D eigenvalue weighted by molar-refractivity contribution is 6.19. The molecule has 0 radical (unpaired) electrons. The molecule has 2 aromatic heterocycles. The zero-order valence-electron chi connectivity index (χ0n) is 64.0. The molecule has 0 unspecified atom stereocenters. The van der Waals surface area contributed by atoms with Gasteiger partial charge >= 0.3 is 0 Å². The van der Waals surface area contributed by atoms with E-state index in [-0.39, 0.29) is 21.7 Å². The van der Waals surface area contributed by atoms with E-state index in [9.17, 15) is 0 Å². The van der Waals surface area contributed by atoms with Gasteiger partial charge in [0, 0.05) is 54.7 Å². The van der Waals surface area contributed by atoms with Gasteiger partial charge in [0.1, 0.15) is 22.3 Å². The summed E-state index contributed by atoms with van der Waals surface area (Å²) < 4.78 is 14.1. The fourth-order valence-corrected chi connectivity index (χ4v) is 19.8. The van der Waals surface area contributed by atoms with E-state index in [0.29, 0.717) is 0 Å². The Hall–Kier alpha value is -7.62. The Labute approximate surface area is 607 Å². The van der Waals surface area contributed by atoms with Crippen molar-refractivity contribution in [2.75, 3.05) is 4.90 Å². The van der Waals surface area contributed by atoms with Crippen LogP contribution >= 0.6 is 0 Å². The zero-order chi connectivity index (χ0) is 70.2. The molecule has 0 atom stereocenters. The molecular weight excluding hydrogens is 1220 g/mol. The fraction of sp³-hybridized carbons (Fsp3) is 0.449. The van der Waals surface area contributed by atoms with Crippen molar-refractivity contribution < 1.29 is 8.83 Å². The molecule has 0 aliphatic heterocycles. The minimum absolute atomic E-state index is 0.0685. The van der Waals surface area contributed by atoms with Crippen LogP contribution in [-0.2, 0) is 21.7 Å². The maximum Gasteiger partial charge on any atom is 0.143 e. The molecule has 3 aliphatic rings. The number of rotatable bonds is 32. The molecule has 3 aliphatic carbocycles. The Morgan fingerprint density at radius 2 is 0.792 bits per heavy atom. The second-order valence-corrected chi connectivity index (χ2v) is 33.3. The third kappa shape index (κ3) is 12.8. The van der Waals surface area contributed by atoms with E-state index >= 15 is 0 Å². The van der Waals surface area contributed by atoms with Gasteiger partial charge in [0.15, 0.2) is 0 Å². The van der Waals surface area contributed by atoms with Crippen molar-refractivity contribution in [3.05, 3.63) is 207 Å². The lowest BCUT2D eigenvalue weighted by Gasteiger charge is -2.35. The van der Waals surface area contributed by atoms with Crippen molar-refractivity contribution in [3.8, 4) is 44.5 Å². The zero-order valence-corrected chi connectivity index (χ0v) is 64.0. The van der Waals surface area contributed by atoms with Gasteiger partial charge in [0.2, 0.25) is 0 Å². The molecule has 3 nitrogen and oxygen atoms in total. The van der Waals surface area contributed by atoms with Crippen LogP contribution in [0.4, 0.5) is 17.1 Å². The van der Waals surface area contributed by atoms with Gasteiger partial charge in [-0.1, -0.05) is 313 Å². The first-order valence-electron chi connectivity index (χ1n) is 40.5. The molecule has 0 N–H and O–H groups in total. The topological polar surface area (TPSA) is 29.5 Å². The molecular formula is C98H117NO2. The first-order chi connectivity index (χ1) is 49.1. The predicted octanol–water partition coefficient (Wildman–Crippen LogP) is 30.7. The van der Waals surface area contributed by atoms with Gasteiger partial charge in [-0.05, 0) is 202 Å². The lowest BCUT2D eigenvalue weighted by Crippen LogP contribution is -2.27. The predicted molar refractivity (Wildman–Crippen MR) is 436 cm³/mol. The van der Waals surface area contributed by atoms with E-state index in [1.54, 1.807) is 22.3 Å². The van der Waals surface area contributed by atoms with Gasteiger partial charge in [-0.15, -0.1) is 0 Å². The summed E-state index contributed by atoms with van der Waals surface area (Å²) in [6, 6.07) is 60.3. The minimum atomic E-state index is -0.336. The molecule has 0 saturated heterocycles. The van der Waals surface area contributed by atoms with Crippen LogP contribution in [0.15, 0.2) is 160 Å². The number of hydrogen-bond donors (Lipinski definition) is 0. The minimum Gasteiger partial charge on any atom is -0.456 e. The standard InChI is InChI=1S/C98H117NO2/c1-13-17-21-25-29-39-55-97(56-40-30-26-22-18-14-2)80-53-54-88-91(74-44-34-37-47-86(74)100-88)90(80)78-65-83-76(63-84(78)97)72-51-49-70(62-82(72)98(83,57-41-31-27-23-19-15-3)58-42-32-28-24-20-16-4)99(93-67(6)59-66(5)60-68(93)7)69-50-52-73-81(61-69)96(11,12)85-64-77(71-43-33-36-46-79(71)95(8,9)10)94-92(89(73)85)75-45-35-38-48-87(75)101-94/h33-38,43-54,59-65H,13-32,39-42,55-58H2,1-12H3. The van der Waals surface area contributed by atoms with Crippen molar-refractivity contribution in [2.45, 2.75) is 285 Å². The molecule has 0 bridgehead atoms. The van der Waals surface area contributed by atoms with Crippen LogP contribution in [-0.4, -0.2) is 0 Å². The van der Waals surface area contributed by atoms with Gasteiger partial charge in [-0.25, -0.2) is 0 Å². The number of anilines is 3. The average molecular weight is 1340 g/mol. The third-order valence-corrected chi connectivity index (χ3v) is 24.8. The number of hydrogen-bond acceptors (Lipinski definition) is 3. The second-order valence-electron chi connectivity index (χ2n) is 33.3. The maximum atomic E-state index is 7.12. The maximum absolute atomic E-state index is 7.12. The van der Waals surface area contributed by atoms with Crippen molar-refractivity contribution in [1.82, 2.24) is 0 Å². The SMILES string of the molecule is CCCCCCCCC1(CCCCCCCC)c2cc(N(c3ccc4c(c3)C(C)(C)c3cc(-c5ccccc5C(C)(C)C)c5oc6ccccc6c5c3-4)c3c(C)cc(C)cc3C)ccc2-c2cc3c(cc21)-c1c(ccc2oc4ccccc4c12)C3(CCCCCCCC)CCCCCCCC. The third-order valence-electron chi connectivity index (χ3n) is 24.8. The number of nitrogens with zero attached hydrogens (tertiary/aromatic N) is 1. The highest BCUT2D eigenvalue weighted by Crippen LogP contribution is 2.64. The average Bonchev–Trinajstić information content (AvgIpc) is 1.53. The molecule has 14 rings (SSSR count). The summed E-state index contributed by atoms with van der Waals surface area (Å²) in [5, 5.41) is 4.99. The highest BCUT2D eigenvalue weighted by atomic mass is 16.3. The first-order valence-corrected chi connectivity index (χ1v) is 40.5.